The topological polar surface area (TPSA) is 143 Å². The van der Waals surface area contributed by atoms with E-state index in [0.717, 1.165) is 11.1 Å². The van der Waals surface area contributed by atoms with Crippen molar-refractivity contribution in [3.8, 4) is 0 Å². The van der Waals surface area contributed by atoms with Gasteiger partial charge in [0.25, 0.3) is 0 Å². The molecule has 2 saturated heterocycles. The molecule has 0 radical (unpaired) electrons. The molecule has 0 bridgehead atoms. The molecule has 4 rings (SSSR count). The molecule has 166 valence electrons. The molecule has 0 aromatic rings. The molecule has 9 nitrogen and oxygen atoms in total. The summed E-state index contributed by atoms with van der Waals surface area (Å²) in [6, 6.07) is 0. The van der Waals surface area contributed by atoms with Crippen LogP contribution in [0.2, 0.25) is 0 Å². The number of rotatable bonds is 3. The third-order valence-corrected chi connectivity index (χ3v) is 6.89. The molecule has 0 aromatic heterocycles. The van der Waals surface area contributed by atoms with Crippen LogP contribution in [0.25, 0.3) is 0 Å². The molecule has 10 atom stereocenters. The predicted molar refractivity (Wildman–Crippen MR) is 101 cm³/mol. The van der Waals surface area contributed by atoms with Crippen LogP contribution >= 0.6 is 0 Å². The van der Waals surface area contributed by atoms with Crippen molar-refractivity contribution in [1.82, 2.24) is 0 Å². The van der Waals surface area contributed by atoms with Crippen LogP contribution in [0.15, 0.2) is 22.8 Å². The number of aliphatic hydroxyl groups is 4. The highest BCUT2D eigenvalue weighted by molar-refractivity contribution is 6.09. The highest BCUT2D eigenvalue weighted by Crippen LogP contribution is 2.49. The Morgan fingerprint density at radius 3 is 2.50 bits per heavy atom. The number of esters is 1. The van der Waals surface area contributed by atoms with Crippen LogP contribution in [-0.4, -0.2) is 81.7 Å². The zero-order valence-electron chi connectivity index (χ0n) is 17.1. The molecule has 2 aliphatic heterocycles. The average molecular weight is 424 g/mol. The molecule has 2 fully saturated rings. The fourth-order valence-corrected chi connectivity index (χ4v) is 5.28. The number of hydrogen-bond acceptors (Lipinski definition) is 9. The highest BCUT2D eigenvalue weighted by Gasteiger charge is 2.56. The van der Waals surface area contributed by atoms with Crippen molar-refractivity contribution < 1.29 is 44.2 Å². The van der Waals surface area contributed by atoms with Crippen molar-refractivity contribution in [2.75, 3.05) is 6.61 Å². The van der Waals surface area contributed by atoms with Gasteiger partial charge in [-0.15, -0.1) is 0 Å². The summed E-state index contributed by atoms with van der Waals surface area (Å²) in [5.41, 5.74) is 2.26. The first-order valence-electron chi connectivity index (χ1n) is 10.2. The number of ether oxygens (including phenoxy) is 3. The largest absolute Gasteiger partial charge is 0.461 e. The van der Waals surface area contributed by atoms with E-state index >= 15 is 0 Å². The highest BCUT2D eigenvalue weighted by atomic mass is 16.7. The third kappa shape index (κ3) is 3.24. The van der Waals surface area contributed by atoms with Gasteiger partial charge in [-0.2, -0.15) is 0 Å². The molecule has 0 saturated carbocycles. The number of ketones is 1. The zero-order chi connectivity index (χ0) is 21.9. The maximum Gasteiger partial charge on any atom is 0.309 e. The summed E-state index contributed by atoms with van der Waals surface area (Å²) in [6.07, 6.45) is -6.35. The van der Waals surface area contributed by atoms with Gasteiger partial charge in [0.1, 0.15) is 30.5 Å². The normalized spacial score (nSPS) is 46.3. The van der Waals surface area contributed by atoms with Crippen molar-refractivity contribution in [1.29, 1.82) is 0 Å². The quantitative estimate of drug-likeness (QED) is 0.429. The van der Waals surface area contributed by atoms with E-state index in [1.807, 2.05) is 13.8 Å². The van der Waals surface area contributed by atoms with Crippen molar-refractivity contribution >= 4 is 11.8 Å². The van der Waals surface area contributed by atoms with Crippen molar-refractivity contribution in [2.45, 2.75) is 70.1 Å². The second kappa shape index (κ2) is 7.81. The Labute approximate surface area is 173 Å². The van der Waals surface area contributed by atoms with Crippen LogP contribution in [0.5, 0.6) is 0 Å². The Balaban J connectivity index is 1.66. The minimum atomic E-state index is -1.56. The van der Waals surface area contributed by atoms with Gasteiger partial charge in [0.2, 0.25) is 0 Å². The smallest absolute Gasteiger partial charge is 0.309 e. The average Bonchev–Trinajstić information content (AvgIpc) is 3.11. The number of carbonyl (C=O) groups is 2. The summed E-state index contributed by atoms with van der Waals surface area (Å²) >= 11 is 0. The molecule has 4 aliphatic rings. The van der Waals surface area contributed by atoms with Crippen LogP contribution in [0.3, 0.4) is 0 Å². The van der Waals surface area contributed by atoms with E-state index < -0.39 is 61.4 Å². The van der Waals surface area contributed by atoms with Gasteiger partial charge in [-0.3, -0.25) is 9.59 Å². The second-order valence-corrected chi connectivity index (χ2v) is 8.77. The lowest BCUT2D eigenvalue weighted by Crippen LogP contribution is -2.60. The second-order valence-electron chi connectivity index (χ2n) is 8.77. The SMILES string of the molecule is CC1=CC(=O)C2=C(C)C[C@H](O[C@@H]3O[C@H](CO)[C@@H](O)[C@H](O)[C@H]3O)[C@@H]3[C@H](OC(=O)[C@H]3C)[C@@H]12. The number of hydrogen-bond donors (Lipinski definition) is 4. The number of aliphatic hydroxyl groups excluding tert-OH is 4. The van der Waals surface area contributed by atoms with Crippen LogP contribution in [0, 0.1) is 17.8 Å². The summed E-state index contributed by atoms with van der Waals surface area (Å²) in [6.45, 7) is 4.86. The standard InChI is InChI=1S/C21H28O9/c1-7-4-10(23)13-8(2)5-11(15-9(3)20(27)30-19(15)14(7)13)28-21-18(26)17(25)16(24)12(6-22)29-21/h4,9,11-12,14-19,21-22,24-26H,5-6H2,1-3H3/t9-,11-,12+,14-,15+,16+,17-,18+,19+,21+/m0/s1. The van der Waals surface area contributed by atoms with E-state index in [1.165, 1.54) is 0 Å². The summed E-state index contributed by atoms with van der Waals surface area (Å²) in [7, 11) is 0. The molecular formula is C21H28O9. The van der Waals surface area contributed by atoms with Crippen LogP contribution in [0.4, 0.5) is 0 Å². The number of carbonyl (C=O) groups excluding carboxylic acids is 2. The van der Waals surface area contributed by atoms with Crippen LogP contribution < -0.4 is 0 Å². The molecule has 0 amide bonds. The van der Waals surface area contributed by atoms with Gasteiger partial charge in [0.05, 0.1) is 18.6 Å². The van der Waals surface area contributed by atoms with Gasteiger partial charge in [0, 0.05) is 17.4 Å². The minimum absolute atomic E-state index is 0.0992. The Morgan fingerprint density at radius 2 is 1.83 bits per heavy atom. The van der Waals surface area contributed by atoms with E-state index in [1.54, 1.807) is 13.0 Å². The van der Waals surface area contributed by atoms with Gasteiger partial charge >= 0.3 is 5.97 Å². The first kappa shape index (κ1) is 21.6. The van der Waals surface area contributed by atoms with Gasteiger partial charge in [0.15, 0.2) is 12.1 Å². The van der Waals surface area contributed by atoms with Gasteiger partial charge in [-0.1, -0.05) is 18.1 Å². The maximum atomic E-state index is 12.6. The Kier molecular flexibility index (Phi) is 5.63. The van der Waals surface area contributed by atoms with E-state index in [0.29, 0.717) is 12.0 Å². The number of allylic oxidation sites excluding steroid dienone is 1. The van der Waals surface area contributed by atoms with Gasteiger partial charge in [-0.05, 0) is 26.3 Å². The fourth-order valence-electron chi connectivity index (χ4n) is 5.28. The van der Waals surface area contributed by atoms with Crippen LogP contribution in [-0.2, 0) is 23.8 Å². The van der Waals surface area contributed by atoms with E-state index in [9.17, 15) is 30.0 Å². The molecule has 0 spiro atoms. The van der Waals surface area contributed by atoms with Crippen molar-refractivity contribution in [3.63, 3.8) is 0 Å². The summed E-state index contributed by atoms with van der Waals surface area (Å²) in [5, 5.41) is 39.9. The Bertz CT molecular complexity index is 800. The third-order valence-electron chi connectivity index (χ3n) is 6.89. The minimum Gasteiger partial charge on any atom is -0.461 e. The van der Waals surface area contributed by atoms with E-state index in [-0.39, 0.29) is 17.7 Å². The lowest BCUT2D eigenvalue weighted by molar-refractivity contribution is -0.316. The molecule has 4 N–H and O–H groups in total. The van der Waals surface area contributed by atoms with Crippen molar-refractivity contribution in [3.05, 3.63) is 22.8 Å². The molecular weight excluding hydrogens is 396 g/mol. The first-order valence-corrected chi connectivity index (χ1v) is 10.2. The van der Waals surface area contributed by atoms with Crippen LogP contribution in [0.1, 0.15) is 27.2 Å². The number of fused-ring (bicyclic) bond motifs is 3. The van der Waals surface area contributed by atoms with E-state index in [4.69, 9.17) is 14.2 Å². The lowest BCUT2D eigenvalue weighted by Gasteiger charge is -2.42. The van der Waals surface area contributed by atoms with Gasteiger partial charge < -0.3 is 34.6 Å². The monoisotopic (exact) mass is 424 g/mol. The Hall–Kier alpha value is -1.62. The molecule has 30 heavy (non-hydrogen) atoms. The van der Waals surface area contributed by atoms with Crippen molar-refractivity contribution in [2.24, 2.45) is 17.8 Å². The summed E-state index contributed by atoms with van der Waals surface area (Å²) in [4.78, 5) is 25.0. The molecule has 0 aromatic carbocycles. The van der Waals surface area contributed by atoms with E-state index in [2.05, 4.69) is 0 Å². The summed E-state index contributed by atoms with van der Waals surface area (Å²) < 4.78 is 17.3. The first-order chi connectivity index (χ1) is 14.1. The molecule has 0 unspecified atom stereocenters. The lowest BCUT2D eigenvalue weighted by atomic mass is 9.79. The fraction of sp³-hybridized carbons (Fsp3) is 0.714. The molecule has 2 heterocycles. The van der Waals surface area contributed by atoms with Gasteiger partial charge in [-0.25, -0.2) is 0 Å². The molecule has 9 heteroatoms. The Morgan fingerprint density at radius 1 is 1.13 bits per heavy atom. The zero-order valence-corrected chi connectivity index (χ0v) is 17.1. The molecule has 2 aliphatic carbocycles. The maximum absolute atomic E-state index is 12.6. The summed E-state index contributed by atoms with van der Waals surface area (Å²) in [5.74, 6) is -1.71. The predicted octanol–water partition coefficient (Wildman–Crippen LogP) is -0.785.